The van der Waals surface area contributed by atoms with Crippen LogP contribution in [-0.2, 0) is 16.0 Å². The second-order valence-electron chi connectivity index (χ2n) is 7.77. The summed E-state index contributed by atoms with van der Waals surface area (Å²) in [6.07, 6.45) is 2.16. The summed E-state index contributed by atoms with van der Waals surface area (Å²) in [5, 5.41) is 11.1. The zero-order chi connectivity index (χ0) is 22.8. The minimum Gasteiger partial charge on any atom is -0.465 e. The van der Waals surface area contributed by atoms with Crippen molar-refractivity contribution in [3.63, 3.8) is 0 Å². The van der Waals surface area contributed by atoms with E-state index in [-0.39, 0.29) is 11.9 Å². The molecule has 0 aliphatic carbocycles. The fourth-order valence-corrected chi connectivity index (χ4v) is 5.57. The average Bonchev–Trinajstić information content (AvgIpc) is 3.57. The summed E-state index contributed by atoms with van der Waals surface area (Å²) < 4.78 is 12.8. The molecule has 1 N–H and O–H groups in total. The molecule has 32 heavy (non-hydrogen) atoms. The molecule has 4 rings (SSSR count). The third kappa shape index (κ3) is 4.39. The van der Waals surface area contributed by atoms with Gasteiger partial charge in [0.1, 0.15) is 0 Å². The van der Waals surface area contributed by atoms with Gasteiger partial charge in [0.25, 0.3) is 0 Å². The van der Waals surface area contributed by atoms with Crippen molar-refractivity contribution in [2.75, 3.05) is 13.7 Å². The first-order chi connectivity index (χ1) is 15.4. The van der Waals surface area contributed by atoms with E-state index in [0.717, 1.165) is 30.2 Å². The van der Waals surface area contributed by atoms with E-state index >= 15 is 0 Å². The van der Waals surface area contributed by atoms with E-state index < -0.39 is 11.2 Å². The SMILES string of the molecule is COC(=O)c1c(C)[nH]c(C(=O)[C@@H](C)Sc2nnc(-c3cccs3)n2C[C@H]2CCCO2)c1C. The molecule has 0 bridgehead atoms. The number of ether oxygens (including phenoxy) is 2. The molecule has 1 aliphatic heterocycles. The van der Waals surface area contributed by atoms with Gasteiger partial charge in [0.2, 0.25) is 0 Å². The molecule has 4 heterocycles. The van der Waals surface area contributed by atoms with Crippen molar-refractivity contribution >= 4 is 34.9 Å². The first kappa shape index (κ1) is 22.8. The van der Waals surface area contributed by atoms with E-state index in [9.17, 15) is 9.59 Å². The fourth-order valence-electron chi connectivity index (χ4n) is 3.94. The number of nitrogens with one attached hydrogen (secondary N) is 1. The van der Waals surface area contributed by atoms with Crippen LogP contribution in [0.2, 0.25) is 0 Å². The van der Waals surface area contributed by atoms with Crippen LogP contribution in [0.5, 0.6) is 0 Å². The maximum Gasteiger partial charge on any atom is 0.339 e. The monoisotopic (exact) mass is 474 g/mol. The van der Waals surface area contributed by atoms with Crippen LogP contribution in [0.15, 0.2) is 22.7 Å². The van der Waals surface area contributed by atoms with Gasteiger partial charge in [0.05, 0.1) is 41.1 Å². The molecule has 1 saturated heterocycles. The molecule has 1 fully saturated rings. The van der Waals surface area contributed by atoms with Gasteiger partial charge < -0.3 is 14.5 Å². The molecule has 0 aromatic carbocycles. The Balaban J connectivity index is 1.60. The molecule has 0 amide bonds. The smallest absolute Gasteiger partial charge is 0.339 e. The summed E-state index contributed by atoms with van der Waals surface area (Å²) in [7, 11) is 1.33. The van der Waals surface area contributed by atoms with Gasteiger partial charge in [0.15, 0.2) is 16.8 Å². The summed E-state index contributed by atoms with van der Waals surface area (Å²) in [5.41, 5.74) is 2.06. The van der Waals surface area contributed by atoms with E-state index in [1.807, 2.05) is 24.4 Å². The zero-order valence-electron chi connectivity index (χ0n) is 18.5. The van der Waals surface area contributed by atoms with E-state index in [2.05, 4.69) is 19.7 Å². The van der Waals surface area contributed by atoms with Crippen molar-refractivity contribution in [2.24, 2.45) is 0 Å². The third-order valence-corrected chi connectivity index (χ3v) is 7.54. The number of nitrogens with zero attached hydrogens (tertiary/aromatic N) is 3. The lowest BCUT2D eigenvalue weighted by atomic mass is 10.1. The highest BCUT2D eigenvalue weighted by Crippen LogP contribution is 2.32. The third-order valence-electron chi connectivity index (χ3n) is 5.59. The van der Waals surface area contributed by atoms with Gasteiger partial charge in [-0.3, -0.25) is 9.36 Å². The van der Waals surface area contributed by atoms with Gasteiger partial charge in [-0.15, -0.1) is 21.5 Å². The number of aromatic nitrogens is 4. The Morgan fingerprint density at radius 3 is 2.88 bits per heavy atom. The minimum atomic E-state index is -0.451. The molecule has 2 atom stereocenters. The number of hydrogen-bond acceptors (Lipinski definition) is 8. The highest BCUT2D eigenvalue weighted by molar-refractivity contribution is 8.00. The van der Waals surface area contributed by atoms with Crippen LogP contribution in [0.3, 0.4) is 0 Å². The number of H-pyrrole nitrogens is 1. The molecule has 0 unspecified atom stereocenters. The standard InChI is InChI=1S/C22H26N4O4S2/c1-12-17(21(28)29-4)13(2)23-18(12)19(27)14(3)32-22-25-24-20(16-8-6-10-31-16)26(22)11-15-7-5-9-30-15/h6,8,10,14-15,23H,5,7,9,11H2,1-4H3/t14-,15-/m1/s1. The first-order valence-corrected chi connectivity index (χ1v) is 12.2. The van der Waals surface area contributed by atoms with Crippen LogP contribution in [0.4, 0.5) is 0 Å². The van der Waals surface area contributed by atoms with Crippen LogP contribution < -0.4 is 0 Å². The molecular weight excluding hydrogens is 448 g/mol. The molecule has 0 radical (unpaired) electrons. The fraction of sp³-hybridized carbons (Fsp3) is 0.455. The highest BCUT2D eigenvalue weighted by atomic mass is 32.2. The first-order valence-electron chi connectivity index (χ1n) is 10.5. The number of ketones is 1. The lowest BCUT2D eigenvalue weighted by Crippen LogP contribution is -2.19. The molecule has 1 aliphatic rings. The van der Waals surface area contributed by atoms with Gasteiger partial charge in [-0.1, -0.05) is 17.8 Å². The van der Waals surface area contributed by atoms with E-state index in [0.29, 0.717) is 34.2 Å². The Hall–Kier alpha value is -2.43. The average molecular weight is 475 g/mol. The predicted octanol–water partition coefficient (Wildman–Crippen LogP) is 4.28. The summed E-state index contributed by atoms with van der Waals surface area (Å²) in [4.78, 5) is 29.4. The van der Waals surface area contributed by atoms with Gasteiger partial charge >= 0.3 is 5.97 Å². The maximum atomic E-state index is 13.3. The maximum absolute atomic E-state index is 13.3. The number of rotatable bonds is 8. The normalized spacial score (nSPS) is 16.9. The number of Topliss-reactive ketones (excluding diaryl/α,β-unsaturated/α-hetero) is 1. The lowest BCUT2D eigenvalue weighted by molar-refractivity contribution is 0.0599. The van der Waals surface area contributed by atoms with Crippen molar-refractivity contribution in [3.05, 3.63) is 40.0 Å². The number of hydrogen-bond donors (Lipinski definition) is 1. The minimum absolute atomic E-state index is 0.102. The number of thioether (sulfide) groups is 1. The van der Waals surface area contributed by atoms with Crippen LogP contribution in [0.25, 0.3) is 10.7 Å². The van der Waals surface area contributed by atoms with Gasteiger partial charge in [-0.25, -0.2) is 4.79 Å². The Morgan fingerprint density at radius 2 is 2.22 bits per heavy atom. The molecule has 3 aromatic heterocycles. The number of carbonyl (C=O) groups is 2. The Labute approximate surface area is 194 Å². The molecule has 10 heteroatoms. The zero-order valence-corrected chi connectivity index (χ0v) is 20.1. The highest BCUT2D eigenvalue weighted by Gasteiger charge is 2.28. The molecule has 0 saturated carbocycles. The lowest BCUT2D eigenvalue weighted by Gasteiger charge is -2.16. The van der Waals surface area contributed by atoms with Crippen LogP contribution in [0, 0.1) is 13.8 Å². The van der Waals surface area contributed by atoms with E-state index in [1.165, 1.54) is 18.9 Å². The second kappa shape index (κ2) is 9.60. The van der Waals surface area contributed by atoms with E-state index in [4.69, 9.17) is 9.47 Å². The number of aryl methyl sites for hydroxylation is 1. The van der Waals surface area contributed by atoms with Crippen molar-refractivity contribution in [1.82, 2.24) is 19.7 Å². The Kier molecular flexibility index (Phi) is 6.82. The summed E-state index contributed by atoms with van der Waals surface area (Å²) in [6.45, 7) is 6.79. The van der Waals surface area contributed by atoms with Crippen molar-refractivity contribution < 1.29 is 19.1 Å². The molecular formula is C22H26N4O4S2. The predicted molar refractivity (Wildman–Crippen MR) is 124 cm³/mol. The van der Waals surface area contributed by atoms with E-state index in [1.54, 1.807) is 25.2 Å². The van der Waals surface area contributed by atoms with Gasteiger partial charge in [-0.05, 0) is 50.6 Å². The molecule has 0 spiro atoms. The second-order valence-corrected chi connectivity index (χ2v) is 10.0. The number of carbonyl (C=O) groups excluding carboxylic acids is 2. The molecule has 170 valence electrons. The summed E-state index contributed by atoms with van der Waals surface area (Å²) >= 11 is 2.97. The quantitative estimate of drug-likeness (QED) is 0.295. The summed E-state index contributed by atoms with van der Waals surface area (Å²) in [6, 6.07) is 4.00. The van der Waals surface area contributed by atoms with Crippen LogP contribution in [0.1, 0.15) is 51.9 Å². The number of esters is 1. The molecule has 3 aromatic rings. The van der Waals surface area contributed by atoms with Crippen LogP contribution >= 0.6 is 23.1 Å². The number of thiophene rings is 1. The van der Waals surface area contributed by atoms with Crippen molar-refractivity contribution in [1.29, 1.82) is 0 Å². The van der Waals surface area contributed by atoms with Crippen molar-refractivity contribution in [3.8, 4) is 10.7 Å². The largest absolute Gasteiger partial charge is 0.465 e. The van der Waals surface area contributed by atoms with Crippen LogP contribution in [-0.4, -0.2) is 56.6 Å². The summed E-state index contributed by atoms with van der Waals surface area (Å²) in [5.74, 6) is 0.236. The van der Waals surface area contributed by atoms with Gasteiger partial charge in [-0.2, -0.15) is 0 Å². The van der Waals surface area contributed by atoms with Crippen molar-refractivity contribution in [2.45, 2.75) is 56.7 Å². The topological polar surface area (TPSA) is 99.1 Å². The number of methoxy groups -OCH3 is 1. The molecule has 8 nitrogen and oxygen atoms in total. The Bertz CT molecular complexity index is 1110. The Morgan fingerprint density at radius 1 is 1.41 bits per heavy atom. The van der Waals surface area contributed by atoms with Gasteiger partial charge in [0, 0.05) is 12.3 Å². The number of aromatic amines is 1.